The molecular weight excluding hydrogens is 310 g/mol. The zero-order valence-corrected chi connectivity index (χ0v) is 14.5. The maximum atomic E-state index is 5.56. The Morgan fingerprint density at radius 2 is 2.08 bits per heavy atom. The van der Waals surface area contributed by atoms with Gasteiger partial charge in [-0.15, -0.1) is 0 Å². The van der Waals surface area contributed by atoms with Crippen LogP contribution in [0.3, 0.4) is 0 Å². The van der Waals surface area contributed by atoms with Crippen LogP contribution in [0.4, 0.5) is 0 Å². The van der Waals surface area contributed by atoms with Crippen molar-refractivity contribution < 1.29 is 4.74 Å². The normalized spacial score (nSPS) is 13.6. The molecule has 2 N–H and O–H groups in total. The number of aromatic amines is 1. The molecular formula is C21H23N3O. The van der Waals surface area contributed by atoms with Gasteiger partial charge < -0.3 is 10.1 Å². The van der Waals surface area contributed by atoms with Gasteiger partial charge in [-0.25, -0.2) is 0 Å². The lowest BCUT2D eigenvalue weighted by Gasteiger charge is -2.17. The minimum absolute atomic E-state index is 0.739. The molecule has 4 rings (SSSR count). The van der Waals surface area contributed by atoms with Gasteiger partial charge >= 0.3 is 0 Å². The number of nitrogens with one attached hydrogen (secondary N) is 2. The maximum Gasteiger partial charge on any atom is 0.0719 e. The molecule has 25 heavy (non-hydrogen) atoms. The number of hydrogen-bond donors (Lipinski definition) is 2. The Kier molecular flexibility index (Phi) is 4.63. The molecule has 2 heterocycles. The highest BCUT2D eigenvalue weighted by Gasteiger charge is 2.10. The number of rotatable bonds is 5. The van der Waals surface area contributed by atoms with Crippen molar-refractivity contribution in [1.29, 1.82) is 0 Å². The van der Waals surface area contributed by atoms with Crippen LogP contribution in [0, 0.1) is 6.92 Å². The molecule has 0 saturated heterocycles. The number of H-pyrrole nitrogens is 1. The largest absolute Gasteiger partial charge is 0.376 e. The lowest BCUT2D eigenvalue weighted by molar-refractivity contribution is 0.110. The van der Waals surface area contributed by atoms with Gasteiger partial charge in [-0.3, -0.25) is 5.10 Å². The molecule has 4 nitrogen and oxygen atoms in total. The first-order valence-corrected chi connectivity index (χ1v) is 8.78. The molecule has 0 unspecified atom stereocenters. The van der Waals surface area contributed by atoms with Gasteiger partial charge in [-0.05, 0) is 36.1 Å². The van der Waals surface area contributed by atoms with Crippen LogP contribution in [-0.4, -0.2) is 16.8 Å². The average Bonchev–Trinajstić information content (AvgIpc) is 3.10. The van der Waals surface area contributed by atoms with E-state index in [1.807, 2.05) is 6.20 Å². The summed E-state index contributed by atoms with van der Waals surface area (Å²) >= 11 is 0. The summed E-state index contributed by atoms with van der Waals surface area (Å²) in [4.78, 5) is 0. The summed E-state index contributed by atoms with van der Waals surface area (Å²) in [6, 6.07) is 15.2. The molecule has 0 aliphatic carbocycles. The number of nitrogens with zero attached hydrogens (tertiary/aromatic N) is 1. The van der Waals surface area contributed by atoms with Gasteiger partial charge in [0.15, 0.2) is 0 Å². The van der Waals surface area contributed by atoms with Gasteiger partial charge in [0.25, 0.3) is 0 Å². The van der Waals surface area contributed by atoms with E-state index in [0.717, 1.165) is 38.4 Å². The zero-order chi connectivity index (χ0) is 17.1. The third-order valence-corrected chi connectivity index (χ3v) is 4.71. The highest BCUT2D eigenvalue weighted by atomic mass is 16.5. The van der Waals surface area contributed by atoms with Gasteiger partial charge in [-0.1, -0.05) is 42.0 Å². The van der Waals surface area contributed by atoms with Crippen LogP contribution in [0.1, 0.15) is 27.8 Å². The highest BCUT2D eigenvalue weighted by Crippen LogP contribution is 2.22. The molecule has 1 aliphatic heterocycles. The van der Waals surface area contributed by atoms with Crippen LogP contribution in [-0.2, 0) is 30.9 Å². The fourth-order valence-electron chi connectivity index (χ4n) is 3.37. The summed E-state index contributed by atoms with van der Waals surface area (Å²) in [5, 5.41) is 10.9. The molecule has 2 aromatic carbocycles. The number of aryl methyl sites for hydroxylation is 1. The Hall–Kier alpha value is -2.43. The second-order valence-electron chi connectivity index (χ2n) is 6.65. The van der Waals surface area contributed by atoms with Crippen molar-refractivity contribution in [3.63, 3.8) is 0 Å². The summed E-state index contributed by atoms with van der Waals surface area (Å²) in [5.41, 5.74) is 8.76. The first-order valence-electron chi connectivity index (χ1n) is 8.78. The first-order chi connectivity index (χ1) is 12.3. The second kappa shape index (κ2) is 7.21. The van der Waals surface area contributed by atoms with E-state index in [0.29, 0.717) is 0 Å². The SMILES string of the molecule is Cc1cccc(-c2[nH]ncc2CNCc2ccc3c(c2)COCC3)c1. The van der Waals surface area contributed by atoms with E-state index in [4.69, 9.17) is 4.74 Å². The van der Waals surface area contributed by atoms with Gasteiger partial charge in [0.2, 0.25) is 0 Å². The molecule has 0 bridgehead atoms. The minimum Gasteiger partial charge on any atom is -0.376 e. The molecule has 0 saturated carbocycles. The topological polar surface area (TPSA) is 49.9 Å². The summed E-state index contributed by atoms with van der Waals surface area (Å²) in [5.74, 6) is 0. The minimum atomic E-state index is 0.739. The first kappa shape index (κ1) is 16.1. The van der Waals surface area contributed by atoms with Crippen molar-refractivity contribution in [3.05, 3.63) is 76.5 Å². The number of aromatic nitrogens is 2. The van der Waals surface area contributed by atoms with Crippen molar-refractivity contribution >= 4 is 0 Å². The summed E-state index contributed by atoms with van der Waals surface area (Å²) in [6.45, 7) is 5.31. The Bertz CT molecular complexity index is 869. The van der Waals surface area contributed by atoms with Crippen molar-refractivity contribution in [3.8, 4) is 11.3 Å². The Labute approximate surface area is 148 Å². The Balaban J connectivity index is 1.42. The van der Waals surface area contributed by atoms with E-state index in [1.165, 1.54) is 33.4 Å². The van der Waals surface area contributed by atoms with Gasteiger partial charge in [0, 0.05) is 24.2 Å². The summed E-state index contributed by atoms with van der Waals surface area (Å²) in [7, 11) is 0. The van der Waals surface area contributed by atoms with Gasteiger partial charge in [-0.2, -0.15) is 5.10 Å². The molecule has 1 aromatic heterocycles. The fourth-order valence-corrected chi connectivity index (χ4v) is 3.37. The van der Waals surface area contributed by atoms with Crippen LogP contribution in [0.25, 0.3) is 11.3 Å². The van der Waals surface area contributed by atoms with Crippen LogP contribution < -0.4 is 5.32 Å². The number of hydrogen-bond acceptors (Lipinski definition) is 3. The lowest BCUT2D eigenvalue weighted by atomic mass is 10.0. The molecule has 1 aliphatic rings. The predicted molar refractivity (Wildman–Crippen MR) is 99.1 cm³/mol. The Morgan fingerprint density at radius 1 is 1.12 bits per heavy atom. The molecule has 4 heteroatoms. The Morgan fingerprint density at radius 3 is 3.00 bits per heavy atom. The van der Waals surface area contributed by atoms with Crippen molar-refractivity contribution in [2.45, 2.75) is 33.0 Å². The second-order valence-corrected chi connectivity index (χ2v) is 6.65. The molecule has 128 valence electrons. The van der Waals surface area contributed by atoms with Crippen LogP contribution in [0.2, 0.25) is 0 Å². The van der Waals surface area contributed by atoms with E-state index >= 15 is 0 Å². The van der Waals surface area contributed by atoms with E-state index in [1.54, 1.807) is 0 Å². The van der Waals surface area contributed by atoms with Crippen LogP contribution in [0.15, 0.2) is 48.7 Å². The van der Waals surface area contributed by atoms with Crippen molar-refractivity contribution in [2.75, 3.05) is 6.61 Å². The lowest BCUT2D eigenvalue weighted by Crippen LogP contribution is -2.15. The third-order valence-electron chi connectivity index (χ3n) is 4.71. The van der Waals surface area contributed by atoms with E-state index < -0.39 is 0 Å². The number of ether oxygens (including phenoxy) is 1. The average molecular weight is 333 g/mol. The van der Waals surface area contributed by atoms with E-state index in [2.05, 4.69) is 64.9 Å². The molecule has 0 spiro atoms. The third kappa shape index (κ3) is 3.65. The van der Waals surface area contributed by atoms with E-state index in [-0.39, 0.29) is 0 Å². The van der Waals surface area contributed by atoms with Crippen molar-refractivity contribution in [1.82, 2.24) is 15.5 Å². The number of benzene rings is 2. The standard InChI is InChI=1S/C21H23N3O/c1-15-3-2-4-18(9-15)21-20(13-23-24-21)12-22-11-16-5-6-17-7-8-25-14-19(17)10-16/h2-6,9-10,13,22H,7-8,11-12,14H2,1H3,(H,23,24). The monoisotopic (exact) mass is 333 g/mol. The molecule has 0 amide bonds. The fraction of sp³-hybridized carbons (Fsp3) is 0.286. The van der Waals surface area contributed by atoms with Crippen LogP contribution >= 0.6 is 0 Å². The molecule has 0 fully saturated rings. The summed E-state index contributed by atoms with van der Waals surface area (Å²) in [6.07, 6.45) is 2.93. The molecule has 3 aromatic rings. The summed E-state index contributed by atoms with van der Waals surface area (Å²) < 4.78 is 5.56. The molecule has 0 radical (unpaired) electrons. The van der Waals surface area contributed by atoms with Gasteiger partial charge in [0.1, 0.15) is 0 Å². The zero-order valence-electron chi connectivity index (χ0n) is 14.5. The predicted octanol–water partition coefficient (Wildman–Crippen LogP) is 3.75. The quantitative estimate of drug-likeness (QED) is 0.748. The van der Waals surface area contributed by atoms with Crippen LogP contribution in [0.5, 0.6) is 0 Å². The van der Waals surface area contributed by atoms with Gasteiger partial charge in [0.05, 0.1) is 25.1 Å². The smallest absolute Gasteiger partial charge is 0.0719 e. The maximum absolute atomic E-state index is 5.56. The molecule has 0 atom stereocenters. The van der Waals surface area contributed by atoms with E-state index in [9.17, 15) is 0 Å². The number of fused-ring (bicyclic) bond motifs is 1. The van der Waals surface area contributed by atoms with Crippen molar-refractivity contribution in [2.24, 2.45) is 0 Å². The highest BCUT2D eigenvalue weighted by molar-refractivity contribution is 5.63.